The van der Waals surface area contributed by atoms with E-state index in [9.17, 15) is 14.4 Å². The molecule has 7 nitrogen and oxygen atoms in total. The van der Waals surface area contributed by atoms with Crippen molar-refractivity contribution >= 4 is 63.2 Å². The number of carbonyl (C=O) groups excluding carboxylic acids is 3. The van der Waals surface area contributed by atoms with Gasteiger partial charge in [-0.3, -0.25) is 10.1 Å². The number of urea groups is 1. The average Bonchev–Trinajstić information content (AvgIpc) is 3.23. The van der Waals surface area contributed by atoms with E-state index in [1.165, 1.54) is 17.4 Å². The second kappa shape index (κ2) is 9.68. The van der Waals surface area contributed by atoms with Gasteiger partial charge in [-0.2, -0.15) is 0 Å². The van der Waals surface area contributed by atoms with Gasteiger partial charge in [-0.1, -0.05) is 23.2 Å². The van der Waals surface area contributed by atoms with Crippen LogP contribution in [-0.2, 0) is 20.7 Å². The van der Waals surface area contributed by atoms with Gasteiger partial charge in [-0.25, -0.2) is 9.59 Å². The number of rotatable bonds is 6. The van der Waals surface area contributed by atoms with Crippen LogP contribution in [0.25, 0.3) is 0 Å². The molecular formula is C20H20Cl2N2O5S. The third kappa shape index (κ3) is 4.71. The number of fused-ring (bicyclic) bond motifs is 1. The van der Waals surface area contributed by atoms with E-state index in [1.54, 1.807) is 26.0 Å². The molecule has 1 aromatic heterocycles. The van der Waals surface area contributed by atoms with Gasteiger partial charge in [0, 0.05) is 10.6 Å². The summed E-state index contributed by atoms with van der Waals surface area (Å²) in [5.74, 6) is -1.52. The summed E-state index contributed by atoms with van der Waals surface area (Å²) in [5.41, 5.74) is 1.23. The number of nitrogens with one attached hydrogen (secondary N) is 2. The molecule has 10 heteroatoms. The van der Waals surface area contributed by atoms with Gasteiger partial charge >= 0.3 is 18.0 Å². The van der Waals surface area contributed by atoms with Crippen LogP contribution in [0.4, 0.5) is 15.5 Å². The number of carbonyl (C=O) groups is 3. The average molecular weight is 471 g/mol. The molecule has 0 bridgehead atoms. The molecule has 0 aliphatic heterocycles. The molecule has 2 amide bonds. The Balaban J connectivity index is 1.88. The number of hydrogen-bond acceptors (Lipinski definition) is 6. The number of aryl methyl sites for hydroxylation is 1. The number of benzene rings is 1. The molecule has 30 heavy (non-hydrogen) atoms. The topological polar surface area (TPSA) is 93.7 Å². The molecule has 1 aliphatic carbocycles. The second-order valence-corrected chi connectivity index (χ2v) is 8.33. The van der Waals surface area contributed by atoms with Crippen LogP contribution >= 0.6 is 34.5 Å². The Hall–Kier alpha value is -2.29. The van der Waals surface area contributed by atoms with Crippen molar-refractivity contribution in [2.24, 2.45) is 0 Å². The van der Waals surface area contributed by atoms with E-state index in [2.05, 4.69) is 10.6 Å². The van der Waals surface area contributed by atoms with Crippen molar-refractivity contribution in [1.29, 1.82) is 0 Å². The van der Waals surface area contributed by atoms with Crippen LogP contribution in [0.15, 0.2) is 18.2 Å². The molecule has 1 unspecified atom stereocenters. The van der Waals surface area contributed by atoms with Crippen LogP contribution in [-0.4, -0.2) is 31.2 Å². The largest absolute Gasteiger partial charge is 0.466 e. The maximum Gasteiger partial charge on any atom is 0.341 e. The van der Waals surface area contributed by atoms with Crippen molar-refractivity contribution in [3.63, 3.8) is 0 Å². The number of thiophene rings is 1. The Morgan fingerprint density at radius 1 is 1.10 bits per heavy atom. The van der Waals surface area contributed by atoms with Gasteiger partial charge in [0.1, 0.15) is 5.00 Å². The lowest BCUT2D eigenvalue weighted by atomic mass is 9.99. The number of esters is 2. The van der Waals surface area contributed by atoms with Crippen molar-refractivity contribution in [3.8, 4) is 0 Å². The molecule has 0 saturated heterocycles. The number of anilines is 2. The van der Waals surface area contributed by atoms with Crippen LogP contribution in [0.1, 0.15) is 47.0 Å². The SMILES string of the molecule is CCOC(=O)c1c(NC(=O)Nc2ccc(Cl)c(Cl)c2)sc2c1C(C(=O)OCC)CC2. The Kier molecular flexibility index (Phi) is 7.23. The second-order valence-electron chi connectivity index (χ2n) is 6.41. The van der Waals surface area contributed by atoms with E-state index in [1.807, 2.05) is 0 Å². The fraction of sp³-hybridized carbons (Fsp3) is 0.350. The molecule has 1 aliphatic rings. The van der Waals surface area contributed by atoms with Crippen molar-refractivity contribution < 1.29 is 23.9 Å². The van der Waals surface area contributed by atoms with Crippen LogP contribution in [0.5, 0.6) is 0 Å². The monoisotopic (exact) mass is 470 g/mol. The molecule has 1 aromatic carbocycles. The Morgan fingerprint density at radius 3 is 2.50 bits per heavy atom. The molecule has 1 heterocycles. The van der Waals surface area contributed by atoms with Gasteiger partial charge in [0.05, 0.1) is 34.7 Å². The molecule has 0 saturated carbocycles. The highest BCUT2D eigenvalue weighted by atomic mass is 35.5. The molecule has 1 atom stereocenters. The van der Waals surface area contributed by atoms with Gasteiger partial charge in [0.25, 0.3) is 0 Å². The minimum absolute atomic E-state index is 0.169. The Bertz CT molecular complexity index is 992. The fourth-order valence-corrected chi connectivity index (χ4v) is 4.83. The van der Waals surface area contributed by atoms with Crippen LogP contribution in [0.3, 0.4) is 0 Å². The quantitative estimate of drug-likeness (QED) is 0.545. The van der Waals surface area contributed by atoms with Gasteiger partial charge in [0.15, 0.2) is 0 Å². The van der Waals surface area contributed by atoms with Gasteiger partial charge < -0.3 is 14.8 Å². The van der Waals surface area contributed by atoms with Crippen molar-refractivity contribution in [1.82, 2.24) is 0 Å². The number of amides is 2. The summed E-state index contributed by atoms with van der Waals surface area (Å²) in [7, 11) is 0. The van der Waals surface area contributed by atoms with Crippen molar-refractivity contribution in [3.05, 3.63) is 44.2 Å². The third-order valence-electron chi connectivity index (χ3n) is 4.49. The first-order valence-corrected chi connectivity index (χ1v) is 10.9. The zero-order valence-electron chi connectivity index (χ0n) is 16.3. The van der Waals surface area contributed by atoms with Gasteiger partial charge in [0.2, 0.25) is 0 Å². The smallest absolute Gasteiger partial charge is 0.341 e. The first-order valence-electron chi connectivity index (χ1n) is 9.38. The molecule has 2 N–H and O–H groups in total. The van der Waals surface area contributed by atoms with Crippen LogP contribution in [0, 0.1) is 0 Å². The summed E-state index contributed by atoms with van der Waals surface area (Å²) in [5, 5.41) is 6.33. The molecule has 2 aromatic rings. The predicted octanol–water partition coefficient (Wildman–Crippen LogP) is 5.47. The first kappa shape index (κ1) is 22.4. The predicted molar refractivity (Wildman–Crippen MR) is 117 cm³/mol. The Labute approximate surface area is 187 Å². The maximum absolute atomic E-state index is 12.7. The zero-order valence-corrected chi connectivity index (χ0v) is 18.7. The molecular weight excluding hydrogens is 451 g/mol. The maximum atomic E-state index is 12.7. The lowest BCUT2D eigenvalue weighted by Crippen LogP contribution is -2.22. The van der Waals surface area contributed by atoms with E-state index >= 15 is 0 Å². The standard InChI is InChI=1S/C20H20Cl2N2O5S/c1-3-28-18(25)11-6-8-14-15(11)16(19(26)29-4-2)17(30-14)24-20(27)23-10-5-7-12(21)13(22)9-10/h5,7,9,11H,3-4,6,8H2,1-2H3,(H2,23,24,27). The zero-order chi connectivity index (χ0) is 21.8. The first-order chi connectivity index (χ1) is 14.3. The summed E-state index contributed by atoms with van der Waals surface area (Å²) in [6.45, 7) is 3.84. The lowest BCUT2D eigenvalue weighted by Gasteiger charge is -2.13. The number of ether oxygens (including phenoxy) is 2. The van der Waals surface area contributed by atoms with E-state index in [0.717, 1.165) is 4.88 Å². The number of halogens is 2. The van der Waals surface area contributed by atoms with Crippen molar-refractivity contribution in [2.75, 3.05) is 23.8 Å². The van der Waals surface area contributed by atoms with Gasteiger partial charge in [-0.15, -0.1) is 11.3 Å². The normalized spacial score (nSPS) is 14.7. The Morgan fingerprint density at radius 2 is 1.83 bits per heavy atom. The van der Waals surface area contributed by atoms with Crippen molar-refractivity contribution in [2.45, 2.75) is 32.6 Å². The van der Waals surface area contributed by atoms with E-state index in [-0.39, 0.29) is 24.7 Å². The summed E-state index contributed by atoms with van der Waals surface area (Å²) in [6, 6.07) is 4.12. The molecule has 0 fully saturated rings. The minimum atomic E-state index is -0.587. The lowest BCUT2D eigenvalue weighted by molar-refractivity contribution is -0.144. The number of hydrogen-bond donors (Lipinski definition) is 2. The van der Waals surface area contributed by atoms with Gasteiger partial charge in [-0.05, 0) is 50.5 Å². The minimum Gasteiger partial charge on any atom is -0.466 e. The summed E-state index contributed by atoms with van der Waals surface area (Å²) in [6.07, 6.45) is 1.17. The highest BCUT2D eigenvalue weighted by Gasteiger charge is 2.38. The molecule has 160 valence electrons. The fourth-order valence-electron chi connectivity index (χ4n) is 3.28. The summed E-state index contributed by atoms with van der Waals surface area (Å²) < 4.78 is 10.3. The van der Waals surface area contributed by atoms with Crippen LogP contribution < -0.4 is 10.6 Å². The van der Waals surface area contributed by atoms with E-state index < -0.39 is 17.9 Å². The highest BCUT2D eigenvalue weighted by Crippen LogP contribution is 2.46. The van der Waals surface area contributed by atoms with E-state index in [4.69, 9.17) is 32.7 Å². The van der Waals surface area contributed by atoms with Crippen LogP contribution in [0.2, 0.25) is 10.0 Å². The molecule has 0 radical (unpaired) electrons. The summed E-state index contributed by atoms with van der Waals surface area (Å²) in [4.78, 5) is 38.4. The molecule has 3 rings (SSSR count). The highest BCUT2D eigenvalue weighted by molar-refractivity contribution is 7.17. The van der Waals surface area contributed by atoms with E-state index in [0.29, 0.717) is 39.1 Å². The third-order valence-corrected chi connectivity index (χ3v) is 6.41. The summed E-state index contributed by atoms with van der Waals surface area (Å²) >= 11 is 13.1. The molecule has 0 spiro atoms.